The molecule has 2 fully saturated rings. The number of likely N-dealkylation sites (N-methyl/N-ethyl adjacent to an activating group) is 1. The van der Waals surface area contributed by atoms with E-state index in [2.05, 4.69) is 15.5 Å². The molecular weight excluding hydrogens is 218 g/mol. The smallest absolute Gasteiger partial charge is 0.239 e. The molecule has 0 radical (unpaired) electrons. The van der Waals surface area contributed by atoms with Crippen molar-refractivity contribution in [1.29, 1.82) is 0 Å². The van der Waals surface area contributed by atoms with Crippen molar-refractivity contribution in [2.75, 3.05) is 39.4 Å². The van der Waals surface area contributed by atoms with Gasteiger partial charge in [0.1, 0.15) is 6.04 Å². The first kappa shape index (κ1) is 12.8. The SMILES string of the molecule is CCNC(=O)C1COCCN1C[C@H]1CCCN1. The van der Waals surface area contributed by atoms with Crippen molar-refractivity contribution in [2.24, 2.45) is 0 Å². The summed E-state index contributed by atoms with van der Waals surface area (Å²) in [6.07, 6.45) is 2.47. The highest BCUT2D eigenvalue weighted by Gasteiger charge is 2.31. The van der Waals surface area contributed by atoms with Crippen LogP contribution in [0.5, 0.6) is 0 Å². The van der Waals surface area contributed by atoms with Gasteiger partial charge in [-0.2, -0.15) is 0 Å². The summed E-state index contributed by atoms with van der Waals surface area (Å²) in [4.78, 5) is 14.2. The maximum absolute atomic E-state index is 11.9. The second-order valence-electron chi connectivity index (χ2n) is 4.77. The Hall–Kier alpha value is -0.650. The Morgan fingerprint density at radius 3 is 3.18 bits per heavy atom. The second kappa shape index (κ2) is 6.33. The molecule has 0 aromatic heterocycles. The number of ether oxygens (including phenoxy) is 1. The van der Waals surface area contributed by atoms with E-state index in [0.29, 0.717) is 19.2 Å². The van der Waals surface area contributed by atoms with Crippen LogP contribution in [0.2, 0.25) is 0 Å². The summed E-state index contributed by atoms with van der Waals surface area (Å²) in [6.45, 7) is 6.84. The summed E-state index contributed by atoms with van der Waals surface area (Å²) in [5.74, 6) is 0.102. The molecule has 2 heterocycles. The average molecular weight is 241 g/mol. The number of carbonyl (C=O) groups is 1. The molecule has 2 atom stereocenters. The highest BCUT2D eigenvalue weighted by molar-refractivity contribution is 5.81. The first-order chi connectivity index (χ1) is 8.31. The molecule has 1 amide bonds. The Morgan fingerprint density at radius 1 is 1.59 bits per heavy atom. The van der Waals surface area contributed by atoms with Crippen molar-refractivity contribution in [1.82, 2.24) is 15.5 Å². The van der Waals surface area contributed by atoms with Crippen molar-refractivity contribution in [3.8, 4) is 0 Å². The van der Waals surface area contributed by atoms with Crippen molar-refractivity contribution in [3.05, 3.63) is 0 Å². The molecule has 17 heavy (non-hydrogen) atoms. The number of rotatable bonds is 4. The zero-order valence-electron chi connectivity index (χ0n) is 10.6. The molecule has 0 saturated carbocycles. The van der Waals surface area contributed by atoms with Crippen LogP contribution in [0.3, 0.4) is 0 Å². The molecule has 0 aliphatic carbocycles. The van der Waals surface area contributed by atoms with Crippen LogP contribution in [-0.2, 0) is 9.53 Å². The second-order valence-corrected chi connectivity index (χ2v) is 4.77. The lowest BCUT2D eigenvalue weighted by molar-refractivity contribution is -0.132. The molecule has 5 heteroatoms. The monoisotopic (exact) mass is 241 g/mol. The Kier molecular flexibility index (Phi) is 4.76. The fourth-order valence-corrected chi connectivity index (χ4v) is 2.59. The molecule has 1 unspecified atom stereocenters. The summed E-state index contributed by atoms with van der Waals surface area (Å²) < 4.78 is 5.42. The molecule has 2 aliphatic heterocycles. The van der Waals surface area contributed by atoms with E-state index in [1.165, 1.54) is 12.8 Å². The van der Waals surface area contributed by atoms with E-state index in [-0.39, 0.29) is 11.9 Å². The van der Waals surface area contributed by atoms with E-state index in [1.807, 2.05) is 6.92 Å². The normalized spacial score (nSPS) is 30.4. The molecule has 5 nitrogen and oxygen atoms in total. The molecule has 2 rings (SSSR count). The Morgan fingerprint density at radius 2 is 2.47 bits per heavy atom. The third-order valence-corrected chi connectivity index (χ3v) is 3.51. The van der Waals surface area contributed by atoms with Gasteiger partial charge in [-0.05, 0) is 26.3 Å². The zero-order valence-corrected chi connectivity index (χ0v) is 10.6. The highest BCUT2D eigenvalue weighted by Crippen LogP contribution is 2.12. The predicted molar refractivity (Wildman–Crippen MR) is 65.9 cm³/mol. The van der Waals surface area contributed by atoms with E-state index in [9.17, 15) is 4.79 Å². The first-order valence-corrected chi connectivity index (χ1v) is 6.64. The average Bonchev–Trinajstić information content (AvgIpc) is 2.83. The standard InChI is InChI=1S/C12H23N3O2/c1-2-13-12(16)11-9-17-7-6-15(11)8-10-4-3-5-14-10/h10-11,14H,2-9H2,1H3,(H,13,16)/t10-,11?/m1/s1. The van der Waals surface area contributed by atoms with Crippen LogP contribution in [0.15, 0.2) is 0 Å². The molecule has 2 N–H and O–H groups in total. The lowest BCUT2D eigenvalue weighted by atomic mass is 10.1. The maximum Gasteiger partial charge on any atom is 0.239 e. The number of nitrogens with one attached hydrogen (secondary N) is 2. The van der Waals surface area contributed by atoms with Crippen LogP contribution in [0.1, 0.15) is 19.8 Å². The van der Waals surface area contributed by atoms with Gasteiger partial charge in [-0.1, -0.05) is 0 Å². The third-order valence-electron chi connectivity index (χ3n) is 3.51. The molecule has 98 valence electrons. The van der Waals surface area contributed by atoms with Crippen LogP contribution >= 0.6 is 0 Å². The van der Waals surface area contributed by atoms with Gasteiger partial charge in [-0.25, -0.2) is 0 Å². The fraction of sp³-hybridized carbons (Fsp3) is 0.917. The maximum atomic E-state index is 11.9. The highest BCUT2D eigenvalue weighted by atomic mass is 16.5. The largest absolute Gasteiger partial charge is 0.378 e. The number of hydrogen-bond donors (Lipinski definition) is 2. The Labute approximate surface area is 103 Å². The zero-order chi connectivity index (χ0) is 12.1. The lowest BCUT2D eigenvalue weighted by Crippen LogP contribution is -2.56. The van der Waals surface area contributed by atoms with Crippen LogP contribution in [0, 0.1) is 0 Å². The molecule has 0 spiro atoms. The quantitative estimate of drug-likeness (QED) is 0.701. The van der Waals surface area contributed by atoms with Gasteiger partial charge in [0.25, 0.3) is 0 Å². The number of morpholine rings is 1. The topological polar surface area (TPSA) is 53.6 Å². The third kappa shape index (κ3) is 3.40. The number of carbonyl (C=O) groups excluding carboxylic acids is 1. The Balaban J connectivity index is 1.89. The minimum atomic E-state index is -0.105. The van der Waals surface area contributed by atoms with Gasteiger partial charge < -0.3 is 15.4 Å². The van der Waals surface area contributed by atoms with Gasteiger partial charge in [0.15, 0.2) is 0 Å². The van der Waals surface area contributed by atoms with E-state index >= 15 is 0 Å². The first-order valence-electron chi connectivity index (χ1n) is 6.64. The number of amides is 1. The number of hydrogen-bond acceptors (Lipinski definition) is 4. The van der Waals surface area contributed by atoms with Crippen molar-refractivity contribution >= 4 is 5.91 Å². The van der Waals surface area contributed by atoms with E-state index in [1.54, 1.807) is 0 Å². The van der Waals surface area contributed by atoms with Crippen molar-refractivity contribution in [3.63, 3.8) is 0 Å². The number of nitrogens with zero attached hydrogens (tertiary/aromatic N) is 1. The summed E-state index contributed by atoms with van der Waals surface area (Å²) >= 11 is 0. The van der Waals surface area contributed by atoms with E-state index < -0.39 is 0 Å². The minimum absolute atomic E-state index is 0.102. The summed E-state index contributed by atoms with van der Waals surface area (Å²) in [6, 6.07) is 0.441. The summed E-state index contributed by atoms with van der Waals surface area (Å²) in [5.41, 5.74) is 0. The van der Waals surface area contributed by atoms with E-state index in [4.69, 9.17) is 4.74 Å². The molecular formula is C12H23N3O2. The van der Waals surface area contributed by atoms with Gasteiger partial charge >= 0.3 is 0 Å². The molecule has 0 aromatic rings. The summed E-state index contributed by atoms with van der Waals surface area (Å²) in [7, 11) is 0. The van der Waals surface area contributed by atoms with Gasteiger partial charge in [0, 0.05) is 25.7 Å². The minimum Gasteiger partial charge on any atom is -0.378 e. The van der Waals surface area contributed by atoms with Crippen LogP contribution in [0.4, 0.5) is 0 Å². The van der Waals surface area contributed by atoms with E-state index in [0.717, 1.165) is 26.2 Å². The van der Waals surface area contributed by atoms with Crippen LogP contribution in [0.25, 0.3) is 0 Å². The van der Waals surface area contributed by atoms with Gasteiger partial charge in [-0.3, -0.25) is 9.69 Å². The molecule has 0 aromatic carbocycles. The lowest BCUT2D eigenvalue weighted by Gasteiger charge is -2.36. The predicted octanol–water partition coefficient (Wildman–Crippen LogP) is -0.425. The summed E-state index contributed by atoms with van der Waals surface area (Å²) in [5, 5.41) is 6.37. The molecule has 2 aliphatic rings. The Bertz CT molecular complexity index is 254. The van der Waals surface area contributed by atoms with Gasteiger partial charge in [0.2, 0.25) is 5.91 Å². The van der Waals surface area contributed by atoms with Crippen molar-refractivity contribution in [2.45, 2.75) is 31.8 Å². The van der Waals surface area contributed by atoms with Gasteiger partial charge in [-0.15, -0.1) is 0 Å². The molecule has 0 bridgehead atoms. The van der Waals surface area contributed by atoms with Crippen molar-refractivity contribution < 1.29 is 9.53 Å². The molecule has 2 saturated heterocycles. The van der Waals surface area contributed by atoms with Gasteiger partial charge in [0.05, 0.1) is 13.2 Å². The van der Waals surface area contributed by atoms with Crippen LogP contribution < -0.4 is 10.6 Å². The van der Waals surface area contributed by atoms with Crippen LogP contribution in [-0.4, -0.2) is 62.3 Å². The fourth-order valence-electron chi connectivity index (χ4n) is 2.59.